The highest BCUT2D eigenvalue weighted by molar-refractivity contribution is 5.07. The molecule has 1 aliphatic heterocycles. The molecule has 0 aliphatic carbocycles. The second kappa shape index (κ2) is 3.42. The Morgan fingerprint density at radius 1 is 1.23 bits per heavy atom. The van der Waals surface area contributed by atoms with E-state index in [0.29, 0.717) is 0 Å². The molecule has 1 fully saturated rings. The lowest BCUT2D eigenvalue weighted by molar-refractivity contribution is 0.319. The van der Waals surface area contributed by atoms with Crippen LogP contribution in [-0.4, -0.2) is 23.1 Å². The van der Waals surface area contributed by atoms with E-state index in [0.717, 1.165) is 31.8 Å². The molecule has 1 aromatic rings. The van der Waals surface area contributed by atoms with Crippen molar-refractivity contribution < 1.29 is 0 Å². The molecule has 1 aromatic heterocycles. The van der Waals surface area contributed by atoms with E-state index in [2.05, 4.69) is 22.2 Å². The predicted octanol–water partition coefficient (Wildman–Crippen LogP) is 1.12. The molecule has 13 heavy (non-hydrogen) atoms. The van der Waals surface area contributed by atoms with Crippen LogP contribution in [0.25, 0.3) is 0 Å². The highest BCUT2D eigenvalue weighted by Gasteiger charge is 2.30. The van der Waals surface area contributed by atoms with Gasteiger partial charge in [0.05, 0.1) is 0 Å². The van der Waals surface area contributed by atoms with E-state index in [4.69, 9.17) is 0 Å². The zero-order valence-electron chi connectivity index (χ0n) is 7.95. The van der Waals surface area contributed by atoms with Crippen LogP contribution in [0.1, 0.15) is 25.6 Å². The van der Waals surface area contributed by atoms with Crippen LogP contribution in [0, 0.1) is 0 Å². The van der Waals surface area contributed by atoms with Crippen molar-refractivity contribution in [2.45, 2.75) is 25.2 Å². The average molecular weight is 177 g/mol. The van der Waals surface area contributed by atoms with E-state index in [9.17, 15) is 0 Å². The van der Waals surface area contributed by atoms with Crippen LogP contribution in [0.5, 0.6) is 0 Å². The van der Waals surface area contributed by atoms with Crippen LogP contribution in [0.2, 0.25) is 0 Å². The third-order valence-corrected chi connectivity index (χ3v) is 2.81. The summed E-state index contributed by atoms with van der Waals surface area (Å²) in [7, 11) is 0. The van der Waals surface area contributed by atoms with Gasteiger partial charge < -0.3 is 5.32 Å². The van der Waals surface area contributed by atoms with Crippen LogP contribution in [0.3, 0.4) is 0 Å². The Morgan fingerprint density at radius 3 is 2.46 bits per heavy atom. The number of hydrogen-bond acceptors (Lipinski definition) is 3. The minimum absolute atomic E-state index is 0.187. The fourth-order valence-electron chi connectivity index (χ4n) is 1.81. The zero-order valence-corrected chi connectivity index (χ0v) is 7.95. The summed E-state index contributed by atoms with van der Waals surface area (Å²) in [6.07, 6.45) is 5.93. The summed E-state index contributed by atoms with van der Waals surface area (Å²) in [5, 5.41) is 3.35. The maximum absolute atomic E-state index is 4.34. The molecular formula is C10H15N3. The molecule has 70 valence electrons. The van der Waals surface area contributed by atoms with Crippen LogP contribution < -0.4 is 5.32 Å². The molecule has 3 nitrogen and oxygen atoms in total. The van der Waals surface area contributed by atoms with E-state index < -0.39 is 0 Å². The molecule has 0 atom stereocenters. The van der Waals surface area contributed by atoms with Crippen molar-refractivity contribution in [1.29, 1.82) is 0 Å². The lowest BCUT2D eigenvalue weighted by Crippen LogP contribution is -2.38. The Kier molecular flexibility index (Phi) is 2.27. The summed E-state index contributed by atoms with van der Waals surface area (Å²) in [4.78, 5) is 8.67. The van der Waals surface area contributed by atoms with Crippen molar-refractivity contribution in [3.05, 3.63) is 24.3 Å². The molecule has 2 heterocycles. The second-order valence-electron chi connectivity index (χ2n) is 3.88. The first kappa shape index (κ1) is 8.63. The van der Waals surface area contributed by atoms with Crippen LogP contribution >= 0.6 is 0 Å². The SMILES string of the molecule is CC1(c2ncccn2)CCNCC1. The smallest absolute Gasteiger partial charge is 0.134 e. The van der Waals surface area contributed by atoms with Crippen molar-refractivity contribution in [3.63, 3.8) is 0 Å². The van der Waals surface area contributed by atoms with Crippen LogP contribution in [0.4, 0.5) is 0 Å². The van der Waals surface area contributed by atoms with Gasteiger partial charge in [-0.2, -0.15) is 0 Å². The van der Waals surface area contributed by atoms with Gasteiger partial charge in [-0.3, -0.25) is 0 Å². The number of rotatable bonds is 1. The van der Waals surface area contributed by atoms with Crippen molar-refractivity contribution in [1.82, 2.24) is 15.3 Å². The topological polar surface area (TPSA) is 37.8 Å². The number of piperidine rings is 1. The number of nitrogens with zero attached hydrogens (tertiary/aromatic N) is 2. The van der Waals surface area contributed by atoms with Gasteiger partial charge in [-0.25, -0.2) is 9.97 Å². The second-order valence-corrected chi connectivity index (χ2v) is 3.88. The van der Waals surface area contributed by atoms with Gasteiger partial charge in [-0.1, -0.05) is 6.92 Å². The largest absolute Gasteiger partial charge is 0.317 e. The summed E-state index contributed by atoms with van der Waals surface area (Å²) >= 11 is 0. The Bertz CT molecular complexity index is 265. The fourth-order valence-corrected chi connectivity index (χ4v) is 1.81. The maximum atomic E-state index is 4.34. The fraction of sp³-hybridized carbons (Fsp3) is 0.600. The molecular weight excluding hydrogens is 162 g/mol. The first-order valence-corrected chi connectivity index (χ1v) is 4.79. The van der Waals surface area contributed by atoms with Gasteiger partial charge in [0.2, 0.25) is 0 Å². The molecule has 0 bridgehead atoms. The summed E-state index contributed by atoms with van der Waals surface area (Å²) in [6, 6.07) is 1.87. The normalized spacial score (nSPS) is 21.3. The van der Waals surface area contributed by atoms with Crippen LogP contribution in [0.15, 0.2) is 18.5 Å². The quantitative estimate of drug-likeness (QED) is 0.698. The van der Waals surface area contributed by atoms with Crippen molar-refractivity contribution in [2.75, 3.05) is 13.1 Å². The molecule has 0 amide bonds. The number of aromatic nitrogens is 2. The molecule has 0 unspecified atom stereocenters. The highest BCUT2D eigenvalue weighted by Crippen LogP contribution is 2.29. The van der Waals surface area contributed by atoms with E-state index in [1.165, 1.54) is 0 Å². The molecule has 2 rings (SSSR count). The van der Waals surface area contributed by atoms with Gasteiger partial charge in [0.1, 0.15) is 5.82 Å². The summed E-state index contributed by atoms with van der Waals surface area (Å²) in [6.45, 7) is 4.41. The monoisotopic (exact) mass is 177 g/mol. The standard InChI is InChI=1S/C10H15N3/c1-10(3-7-11-8-4-10)9-12-5-2-6-13-9/h2,5-6,11H,3-4,7-8H2,1H3. The summed E-state index contributed by atoms with van der Waals surface area (Å²) in [5.41, 5.74) is 0.187. The molecule has 0 spiro atoms. The van der Waals surface area contributed by atoms with Gasteiger partial charge in [-0.05, 0) is 32.0 Å². The Labute approximate surface area is 78.6 Å². The Hall–Kier alpha value is -0.960. The zero-order chi connectivity index (χ0) is 9.15. The number of nitrogens with one attached hydrogen (secondary N) is 1. The molecule has 0 radical (unpaired) electrons. The van der Waals surface area contributed by atoms with Crippen molar-refractivity contribution in [2.24, 2.45) is 0 Å². The van der Waals surface area contributed by atoms with Gasteiger partial charge in [-0.15, -0.1) is 0 Å². The molecule has 1 N–H and O–H groups in total. The van der Waals surface area contributed by atoms with Crippen LogP contribution in [-0.2, 0) is 5.41 Å². The van der Waals surface area contributed by atoms with Gasteiger partial charge in [0.25, 0.3) is 0 Å². The Balaban J connectivity index is 2.23. The average Bonchev–Trinajstić information content (AvgIpc) is 2.20. The van der Waals surface area contributed by atoms with E-state index in [1.807, 2.05) is 18.5 Å². The molecule has 0 saturated carbocycles. The molecule has 0 aromatic carbocycles. The van der Waals surface area contributed by atoms with Gasteiger partial charge >= 0.3 is 0 Å². The highest BCUT2D eigenvalue weighted by atomic mass is 14.9. The first-order valence-electron chi connectivity index (χ1n) is 4.79. The van der Waals surface area contributed by atoms with Crippen molar-refractivity contribution in [3.8, 4) is 0 Å². The van der Waals surface area contributed by atoms with Gasteiger partial charge in [0.15, 0.2) is 0 Å². The molecule has 1 saturated heterocycles. The summed E-state index contributed by atoms with van der Waals surface area (Å²) < 4.78 is 0. The first-order chi connectivity index (χ1) is 6.31. The van der Waals surface area contributed by atoms with E-state index in [1.54, 1.807) is 0 Å². The third kappa shape index (κ3) is 1.70. The molecule has 3 heteroatoms. The van der Waals surface area contributed by atoms with Gasteiger partial charge in [0, 0.05) is 17.8 Å². The number of hydrogen-bond donors (Lipinski definition) is 1. The van der Waals surface area contributed by atoms with Crippen molar-refractivity contribution >= 4 is 0 Å². The third-order valence-electron chi connectivity index (χ3n) is 2.81. The minimum atomic E-state index is 0.187. The maximum Gasteiger partial charge on any atom is 0.134 e. The summed E-state index contributed by atoms with van der Waals surface area (Å²) in [5.74, 6) is 0.997. The Morgan fingerprint density at radius 2 is 1.85 bits per heavy atom. The lowest BCUT2D eigenvalue weighted by atomic mass is 9.80. The predicted molar refractivity (Wildman–Crippen MR) is 51.5 cm³/mol. The lowest BCUT2D eigenvalue weighted by Gasteiger charge is -2.32. The minimum Gasteiger partial charge on any atom is -0.317 e. The van der Waals surface area contributed by atoms with E-state index >= 15 is 0 Å². The molecule has 1 aliphatic rings. The van der Waals surface area contributed by atoms with E-state index in [-0.39, 0.29) is 5.41 Å².